The minimum Gasteiger partial charge on any atom is -0.342 e. The van der Waals surface area contributed by atoms with Gasteiger partial charge in [-0.2, -0.15) is 0 Å². The van der Waals surface area contributed by atoms with Crippen molar-refractivity contribution in [1.82, 2.24) is 14.5 Å². The molecule has 4 rings (SSSR count). The molecule has 1 atom stereocenters. The molecule has 0 N–H and O–H groups in total. The van der Waals surface area contributed by atoms with Crippen molar-refractivity contribution in [3.8, 4) is 0 Å². The number of hydrogen-bond donors (Lipinski definition) is 0. The molecular weight excluding hydrogens is 358 g/mol. The van der Waals surface area contributed by atoms with E-state index in [-0.39, 0.29) is 11.9 Å². The molecule has 0 spiro atoms. The maximum Gasteiger partial charge on any atom is 0.256 e. The van der Waals surface area contributed by atoms with Crippen molar-refractivity contribution in [2.75, 3.05) is 6.54 Å². The molecule has 3 aromatic rings. The normalized spacial score (nSPS) is 14.6. The Hall–Kier alpha value is -2.88. The standard InChI is InChI=1S/C25H29N3O/c1-18-15-24(20(3)27(18)17-23-11-7-8-14-26-23)25(29)28(16-21-12-13-21)19(2)22-9-5-4-6-10-22/h4-11,14-15,19,21H,12-13,16-17H2,1-3H3. The van der Waals surface area contributed by atoms with Gasteiger partial charge in [-0.15, -0.1) is 0 Å². The number of aryl methyl sites for hydroxylation is 1. The van der Waals surface area contributed by atoms with Crippen LogP contribution in [0.5, 0.6) is 0 Å². The fraction of sp³-hybridized carbons (Fsp3) is 0.360. The van der Waals surface area contributed by atoms with Crippen LogP contribution in [-0.4, -0.2) is 26.9 Å². The molecule has 29 heavy (non-hydrogen) atoms. The number of aromatic nitrogens is 2. The van der Waals surface area contributed by atoms with Crippen LogP contribution in [0.25, 0.3) is 0 Å². The van der Waals surface area contributed by atoms with Gasteiger partial charge in [0.1, 0.15) is 0 Å². The van der Waals surface area contributed by atoms with Crippen LogP contribution >= 0.6 is 0 Å². The monoisotopic (exact) mass is 387 g/mol. The van der Waals surface area contributed by atoms with Gasteiger partial charge in [0, 0.05) is 24.1 Å². The third kappa shape index (κ3) is 4.26. The van der Waals surface area contributed by atoms with Crippen molar-refractivity contribution >= 4 is 5.91 Å². The van der Waals surface area contributed by atoms with Gasteiger partial charge in [0.25, 0.3) is 5.91 Å². The second kappa shape index (κ2) is 8.24. The number of rotatable bonds is 7. The Morgan fingerprint density at radius 2 is 1.86 bits per heavy atom. The first-order chi connectivity index (χ1) is 14.0. The average Bonchev–Trinajstić information content (AvgIpc) is 3.53. The second-order valence-corrected chi connectivity index (χ2v) is 8.18. The fourth-order valence-corrected chi connectivity index (χ4v) is 3.98. The maximum absolute atomic E-state index is 13.7. The summed E-state index contributed by atoms with van der Waals surface area (Å²) in [6.07, 6.45) is 4.27. The van der Waals surface area contributed by atoms with Crippen LogP contribution in [0, 0.1) is 19.8 Å². The molecule has 1 aromatic carbocycles. The zero-order chi connectivity index (χ0) is 20.4. The molecule has 1 saturated carbocycles. The van der Waals surface area contributed by atoms with E-state index in [0.29, 0.717) is 12.5 Å². The molecule has 1 fully saturated rings. The van der Waals surface area contributed by atoms with E-state index in [2.05, 4.69) is 40.4 Å². The Balaban J connectivity index is 1.63. The minimum absolute atomic E-state index is 0.0585. The Morgan fingerprint density at radius 3 is 2.52 bits per heavy atom. The van der Waals surface area contributed by atoms with E-state index in [9.17, 15) is 4.79 Å². The lowest BCUT2D eigenvalue weighted by molar-refractivity contribution is 0.0679. The third-order valence-corrected chi connectivity index (χ3v) is 6.01. The molecule has 0 radical (unpaired) electrons. The van der Waals surface area contributed by atoms with Gasteiger partial charge < -0.3 is 9.47 Å². The second-order valence-electron chi connectivity index (χ2n) is 8.18. The minimum atomic E-state index is 0.0585. The molecule has 0 saturated heterocycles. The first kappa shape index (κ1) is 19.4. The van der Waals surface area contributed by atoms with Crippen LogP contribution in [0.2, 0.25) is 0 Å². The number of amides is 1. The Labute approximate surface area is 173 Å². The molecule has 0 aliphatic heterocycles. The van der Waals surface area contributed by atoms with E-state index in [4.69, 9.17) is 0 Å². The highest BCUT2D eigenvalue weighted by molar-refractivity contribution is 5.96. The van der Waals surface area contributed by atoms with Crippen molar-refractivity contribution in [2.24, 2.45) is 5.92 Å². The summed E-state index contributed by atoms with van der Waals surface area (Å²) >= 11 is 0. The molecule has 1 amide bonds. The molecule has 4 nitrogen and oxygen atoms in total. The van der Waals surface area contributed by atoms with Crippen molar-refractivity contribution < 1.29 is 4.79 Å². The van der Waals surface area contributed by atoms with Crippen LogP contribution in [0.3, 0.4) is 0 Å². The number of hydrogen-bond acceptors (Lipinski definition) is 2. The van der Waals surface area contributed by atoms with Gasteiger partial charge in [0.15, 0.2) is 0 Å². The van der Waals surface area contributed by atoms with E-state index >= 15 is 0 Å². The van der Waals surface area contributed by atoms with Crippen molar-refractivity contribution in [1.29, 1.82) is 0 Å². The molecule has 0 bridgehead atoms. The summed E-state index contributed by atoms with van der Waals surface area (Å²) in [4.78, 5) is 20.2. The third-order valence-electron chi connectivity index (χ3n) is 6.01. The summed E-state index contributed by atoms with van der Waals surface area (Å²) in [5, 5.41) is 0. The number of benzene rings is 1. The molecule has 2 aromatic heterocycles. The molecule has 1 aliphatic carbocycles. The summed E-state index contributed by atoms with van der Waals surface area (Å²) < 4.78 is 2.19. The summed E-state index contributed by atoms with van der Waals surface area (Å²) in [6, 6.07) is 18.4. The van der Waals surface area contributed by atoms with Gasteiger partial charge in [-0.05, 0) is 63.3 Å². The highest BCUT2D eigenvalue weighted by Gasteiger charge is 2.32. The largest absolute Gasteiger partial charge is 0.342 e. The Kier molecular flexibility index (Phi) is 5.52. The van der Waals surface area contributed by atoms with Crippen LogP contribution in [0.4, 0.5) is 0 Å². The van der Waals surface area contributed by atoms with Crippen molar-refractivity contribution in [3.63, 3.8) is 0 Å². The number of pyridine rings is 1. The van der Waals surface area contributed by atoms with Crippen molar-refractivity contribution in [2.45, 2.75) is 46.2 Å². The van der Waals surface area contributed by atoms with E-state index in [0.717, 1.165) is 29.2 Å². The molecule has 2 heterocycles. The number of carbonyl (C=O) groups is 1. The van der Waals surface area contributed by atoms with E-state index in [1.54, 1.807) is 0 Å². The topological polar surface area (TPSA) is 38.1 Å². The lowest BCUT2D eigenvalue weighted by Crippen LogP contribution is -2.35. The smallest absolute Gasteiger partial charge is 0.256 e. The SMILES string of the molecule is Cc1cc(C(=O)N(CC2CC2)C(C)c2ccccc2)c(C)n1Cc1ccccn1. The van der Waals surface area contributed by atoms with E-state index in [1.165, 1.54) is 18.4 Å². The summed E-state index contributed by atoms with van der Waals surface area (Å²) in [5.41, 5.74) is 5.10. The predicted octanol–water partition coefficient (Wildman–Crippen LogP) is 5.16. The maximum atomic E-state index is 13.7. The summed E-state index contributed by atoms with van der Waals surface area (Å²) in [7, 11) is 0. The van der Waals surface area contributed by atoms with E-state index in [1.807, 2.05) is 55.6 Å². The van der Waals surface area contributed by atoms with Gasteiger partial charge >= 0.3 is 0 Å². The van der Waals surface area contributed by atoms with Gasteiger partial charge in [0.2, 0.25) is 0 Å². The number of carbonyl (C=O) groups excluding carboxylic acids is 1. The summed E-state index contributed by atoms with van der Waals surface area (Å²) in [6.45, 7) is 7.77. The van der Waals surface area contributed by atoms with Crippen LogP contribution < -0.4 is 0 Å². The highest BCUT2D eigenvalue weighted by atomic mass is 16.2. The van der Waals surface area contributed by atoms with Crippen LogP contribution in [0.1, 0.15) is 58.8 Å². The molecule has 1 unspecified atom stereocenters. The highest BCUT2D eigenvalue weighted by Crippen LogP contribution is 2.34. The Morgan fingerprint density at radius 1 is 1.14 bits per heavy atom. The Bertz CT molecular complexity index is 974. The lowest BCUT2D eigenvalue weighted by atomic mass is 10.0. The molecule has 4 heteroatoms. The molecule has 1 aliphatic rings. The fourth-order valence-electron chi connectivity index (χ4n) is 3.98. The summed E-state index contributed by atoms with van der Waals surface area (Å²) in [5.74, 6) is 0.774. The molecule has 150 valence electrons. The predicted molar refractivity (Wildman–Crippen MR) is 116 cm³/mol. The molecular formula is C25H29N3O. The van der Waals surface area contributed by atoms with Gasteiger partial charge in [-0.1, -0.05) is 36.4 Å². The van der Waals surface area contributed by atoms with Gasteiger partial charge in [-0.25, -0.2) is 0 Å². The van der Waals surface area contributed by atoms with Gasteiger partial charge in [0.05, 0.1) is 23.8 Å². The quantitative estimate of drug-likeness (QED) is 0.561. The average molecular weight is 388 g/mol. The van der Waals surface area contributed by atoms with Crippen LogP contribution in [0.15, 0.2) is 60.8 Å². The first-order valence-electron chi connectivity index (χ1n) is 10.5. The van der Waals surface area contributed by atoms with Gasteiger partial charge in [-0.3, -0.25) is 9.78 Å². The lowest BCUT2D eigenvalue weighted by Gasteiger charge is -2.30. The zero-order valence-electron chi connectivity index (χ0n) is 17.5. The van der Waals surface area contributed by atoms with E-state index < -0.39 is 0 Å². The first-order valence-corrected chi connectivity index (χ1v) is 10.5. The zero-order valence-corrected chi connectivity index (χ0v) is 17.5. The van der Waals surface area contributed by atoms with Crippen molar-refractivity contribution in [3.05, 3.63) is 89.0 Å². The number of nitrogens with zero attached hydrogens (tertiary/aromatic N) is 3. The van der Waals surface area contributed by atoms with Crippen LogP contribution in [-0.2, 0) is 6.54 Å².